The number of nitrogens with zero attached hydrogens (tertiary/aromatic N) is 1. The molecule has 0 saturated carbocycles. The number of hydrogen-bond acceptors (Lipinski definition) is 3. The van der Waals surface area contributed by atoms with E-state index in [0.717, 1.165) is 69.1 Å². The normalized spacial score (nSPS) is 16.7. The fourth-order valence-corrected chi connectivity index (χ4v) is 3.36. The predicted octanol–water partition coefficient (Wildman–Crippen LogP) is 3.71. The highest BCUT2D eigenvalue weighted by Gasteiger charge is 2.34. The highest BCUT2D eigenvalue weighted by molar-refractivity contribution is 14.0. The first-order valence-electron chi connectivity index (χ1n) is 9.05. The fourth-order valence-electron chi connectivity index (χ4n) is 3.10. The number of rotatable bonds is 8. The molecule has 1 heterocycles. The molecule has 5 nitrogen and oxygen atoms in total. The van der Waals surface area contributed by atoms with Gasteiger partial charge in [0.1, 0.15) is 0 Å². The standard InChI is InChI=1S/C19H30BrN3O2.HI/c1-3-21-18(22-11-4-12-24-2)23-15-19(9-13-25-14-10-19)16-5-7-17(20)8-6-16;/h5-8H,3-4,9-15H2,1-2H3,(H2,21,22,23);1H. The zero-order valence-electron chi connectivity index (χ0n) is 15.7. The van der Waals surface area contributed by atoms with Crippen molar-refractivity contribution in [2.45, 2.75) is 31.6 Å². The summed E-state index contributed by atoms with van der Waals surface area (Å²) in [5.74, 6) is 0.876. The largest absolute Gasteiger partial charge is 0.385 e. The molecule has 0 bridgehead atoms. The van der Waals surface area contributed by atoms with Gasteiger partial charge >= 0.3 is 0 Å². The maximum Gasteiger partial charge on any atom is 0.191 e. The van der Waals surface area contributed by atoms with Crippen molar-refractivity contribution in [3.05, 3.63) is 34.3 Å². The monoisotopic (exact) mass is 539 g/mol. The van der Waals surface area contributed by atoms with E-state index in [4.69, 9.17) is 14.5 Å². The Kier molecular flexibility index (Phi) is 11.7. The summed E-state index contributed by atoms with van der Waals surface area (Å²) in [5, 5.41) is 6.73. The minimum absolute atomic E-state index is 0. The Morgan fingerprint density at radius 3 is 2.54 bits per heavy atom. The lowest BCUT2D eigenvalue weighted by atomic mass is 9.74. The summed E-state index contributed by atoms with van der Waals surface area (Å²) < 4.78 is 11.8. The molecule has 26 heavy (non-hydrogen) atoms. The zero-order valence-corrected chi connectivity index (χ0v) is 19.6. The first-order valence-corrected chi connectivity index (χ1v) is 9.84. The summed E-state index contributed by atoms with van der Waals surface area (Å²) in [6, 6.07) is 8.66. The Morgan fingerprint density at radius 2 is 1.92 bits per heavy atom. The molecule has 1 fully saturated rings. The van der Waals surface area contributed by atoms with Gasteiger partial charge in [0.25, 0.3) is 0 Å². The van der Waals surface area contributed by atoms with E-state index in [0.29, 0.717) is 0 Å². The van der Waals surface area contributed by atoms with E-state index in [1.807, 2.05) is 0 Å². The van der Waals surface area contributed by atoms with E-state index < -0.39 is 0 Å². The van der Waals surface area contributed by atoms with Gasteiger partial charge in [-0.3, -0.25) is 4.99 Å². The molecule has 0 spiro atoms. The second-order valence-electron chi connectivity index (χ2n) is 6.37. The van der Waals surface area contributed by atoms with Crippen LogP contribution in [0.25, 0.3) is 0 Å². The van der Waals surface area contributed by atoms with Crippen molar-refractivity contribution >= 4 is 45.9 Å². The van der Waals surface area contributed by atoms with Gasteiger partial charge in [-0.05, 0) is 43.9 Å². The molecule has 0 atom stereocenters. The van der Waals surface area contributed by atoms with Crippen molar-refractivity contribution < 1.29 is 9.47 Å². The van der Waals surface area contributed by atoms with E-state index in [1.54, 1.807) is 7.11 Å². The topological polar surface area (TPSA) is 54.9 Å². The Morgan fingerprint density at radius 1 is 1.23 bits per heavy atom. The van der Waals surface area contributed by atoms with Crippen molar-refractivity contribution in [1.82, 2.24) is 10.6 Å². The third-order valence-corrected chi connectivity index (χ3v) is 5.14. The van der Waals surface area contributed by atoms with Crippen LogP contribution in [0.15, 0.2) is 33.7 Å². The van der Waals surface area contributed by atoms with Crippen LogP contribution < -0.4 is 10.6 Å². The molecule has 0 aromatic heterocycles. The number of halogens is 2. The quantitative estimate of drug-likeness (QED) is 0.229. The maximum absolute atomic E-state index is 5.61. The molecule has 1 aromatic carbocycles. The van der Waals surface area contributed by atoms with Crippen LogP contribution in [0.4, 0.5) is 0 Å². The summed E-state index contributed by atoms with van der Waals surface area (Å²) in [6.45, 7) is 6.90. The highest BCUT2D eigenvalue weighted by Crippen LogP contribution is 2.35. The lowest BCUT2D eigenvalue weighted by Gasteiger charge is -2.36. The van der Waals surface area contributed by atoms with Gasteiger partial charge in [0.05, 0.1) is 6.54 Å². The molecular formula is C19H31BrIN3O2. The second kappa shape index (κ2) is 12.9. The summed E-state index contributed by atoms with van der Waals surface area (Å²) in [6.07, 6.45) is 2.97. The van der Waals surface area contributed by atoms with Gasteiger partial charge in [-0.15, -0.1) is 24.0 Å². The van der Waals surface area contributed by atoms with E-state index in [2.05, 4.69) is 57.8 Å². The SMILES string of the molecule is CCNC(=NCC1(c2ccc(Br)cc2)CCOCC1)NCCCOC.I. The smallest absolute Gasteiger partial charge is 0.191 e. The molecule has 1 aliphatic heterocycles. The summed E-state index contributed by atoms with van der Waals surface area (Å²) >= 11 is 3.53. The van der Waals surface area contributed by atoms with Gasteiger partial charge in [-0.1, -0.05) is 28.1 Å². The van der Waals surface area contributed by atoms with Crippen molar-refractivity contribution in [3.63, 3.8) is 0 Å². The zero-order chi connectivity index (χ0) is 18.0. The van der Waals surface area contributed by atoms with Crippen molar-refractivity contribution in [3.8, 4) is 0 Å². The van der Waals surface area contributed by atoms with Gasteiger partial charge in [0.15, 0.2) is 5.96 Å². The van der Waals surface area contributed by atoms with Crippen molar-refractivity contribution in [1.29, 1.82) is 0 Å². The minimum atomic E-state index is 0. The van der Waals surface area contributed by atoms with Gasteiger partial charge < -0.3 is 20.1 Å². The molecule has 0 amide bonds. The Hall–Kier alpha value is -0.380. The second-order valence-corrected chi connectivity index (χ2v) is 7.28. The highest BCUT2D eigenvalue weighted by atomic mass is 127. The van der Waals surface area contributed by atoms with Gasteiger partial charge in [0.2, 0.25) is 0 Å². The van der Waals surface area contributed by atoms with Crippen LogP contribution in [0.5, 0.6) is 0 Å². The van der Waals surface area contributed by atoms with Gasteiger partial charge in [-0.2, -0.15) is 0 Å². The molecule has 2 rings (SSSR count). The van der Waals surface area contributed by atoms with Crippen molar-refractivity contribution in [2.24, 2.45) is 4.99 Å². The molecule has 1 aromatic rings. The molecule has 7 heteroatoms. The Bertz CT molecular complexity index is 534. The number of hydrogen-bond donors (Lipinski definition) is 2. The average molecular weight is 540 g/mol. The number of benzene rings is 1. The van der Waals surface area contributed by atoms with E-state index in [9.17, 15) is 0 Å². The number of ether oxygens (including phenoxy) is 2. The van der Waals surface area contributed by atoms with Crippen LogP contribution in [0.2, 0.25) is 0 Å². The number of methoxy groups -OCH3 is 1. The number of aliphatic imine (C=N–C) groups is 1. The summed E-state index contributed by atoms with van der Waals surface area (Å²) in [4.78, 5) is 4.89. The third kappa shape index (κ3) is 7.32. The first-order chi connectivity index (χ1) is 12.2. The van der Waals surface area contributed by atoms with Crippen LogP contribution in [0.3, 0.4) is 0 Å². The van der Waals surface area contributed by atoms with Gasteiger partial charge in [-0.25, -0.2) is 0 Å². The van der Waals surface area contributed by atoms with E-state index >= 15 is 0 Å². The predicted molar refractivity (Wildman–Crippen MR) is 122 cm³/mol. The minimum Gasteiger partial charge on any atom is -0.385 e. The molecule has 2 N–H and O–H groups in total. The van der Waals surface area contributed by atoms with Crippen LogP contribution in [-0.2, 0) is 14.9 Å². The van der Waals surface area contributed by atoms with Crippen LogP contribution in [-0.4, -0.2) is 52.5 Å². The molecule has 1 saturated heterocycles. The van der Waals surface area contributed by atoms with Gasteiger partial charge in [0, 0.05) is 49.9 Å². The summed E-state index contributed by atoms with van der Waals surface area (Å²) in [5.41, 5.74) is 1.39. The maximum atomic E-state index is 5.61. The van der Waals surface area contributed by atoms with Crippen LogP contribution >= 0.6 is 39.9 Å². The van der Waals surface area contributed by atoms with E-state index in [1.165, 1.54) is 5.56 Å². The summed E-state index contributed by atoms with van der Waals surface area (Å²) in [7, 11) is 1.73. The first kappa shape index (κ1) is 23.7. The van der Waals surface area contributed by atoms with E-state index in [-0.39, 0.29) is 29.4 Å². The number of guanidine groups is 1. The number of nitrogens with one attached hydrogen (secondary N) is 2. The Balaban J connectivity index is 0.00000338. The molecule has 0 aliphatic carbocycles. The molecule has 0 radical (unpaired) electrons. The van der Waals surface area contributed by atoms with Crippen LogP contribution in [0.1, 0.15) is 31.7 Å². The van der Waals surface area contributed by atoms with Crippen LogP contribution in [0, 0.1) is 0 Å². The average Bonchev–Trinajstić information content (AvgIpc) is 2.64. The molecule has 148 valence electrons. The molecular weight excluding hydrogens is 509 g/mol. The molecule has 0 unspecified atom stereocenters. The molecule has 1 aliphatic rings. The third-order valence-electron chi connectivity index (χ3n) is 4.61. The lowest BCUT2D eigenvalue weighted by molar-refractivity contribution is 0.0531. The Labute approximate surface area is 182 Å². The van der Waals surface area contributed by atoms with Crippen molar-refractivity contribution in [2.75, 3.05) is 46.6 Å². The fraction of sp³-hybridized carbons (Fsp3) is 0.632. The lowest BCUT2D eigenvalue weighted by Crippen LogP contribution is -2.41.